The summed E-state index contributed by atoms with van der Waals surface area (Å²) in [6, 6.07) is 12.0. The second-order valence-corrected chi connectivity index (χ2v) is 8.61. The normalized spacial score (nSPS) is 13.0. The van der Waals surface area contributed by atoms with E-state index in [0.717, 1.165) is 54.4 Å². The first-order chi connectivity index (χ1) is 16.4. The number of rotatable bonds is 8. The van der Waals surface area contributed by atoms with Crippen LogP contribution in [0.3, 0.4) is 0 Å². The highest BCUT2D eigenvalue weighted by molar-refractivity contribution is 6.04. The maximum absolute atomic E-state index is 12.4. The third kappa shape index (κ3) is 5.58. The number of carbonyl (C=O) groups excluding carboxylic acids is 2. The molecule has 3 aromatic rings. The van der Waals surface area contributed by atoms with Crippen molar-refractivity contribution in [1.29, 1.82) is 0 Å². The van der Waals surface area contributed by atoms with Crippen molar-refractivity contribution in [2.75, 3.05) is 44.0 Å². The SMILES string of the molecule is Cc1ccc2c(c1)N(c1ncnc3ccc(NC(=O)/C=C/C(=O)OCCCN(C)C)cc13)CC2. The molecule has 34 heavy (non-hydrogen) atoms. The van der Waals surface area contributed by atoms with E-state index >= 15 is 0 Å². The summed E-state index contributed by atoms with van der Waals surface area (Å²) in [7, 11) is 3.91. The summed E-state index contributed by atoms with van der Waals surface area (Å²) in [5, 5.41) is 3.65. The van der Waals surface area contributed by atoms with Crippen LogP contribution in [0.1, 0.15) is 17.5 Å². The summed E-state index contributed by atoms with van der Waals surface area (Å²) < 4.78 is 5.11. The number of hydrogen-bond donors (Lipinski definition) is 1. The molecule has 0 atom stereocenters. The second-order valence-electron chi connectivity index (χ2n) is 8.61. The highest BCUT2D eigenvalue weighted by atomic mass is 16.5. The van der Waals surface area contributed by atoms with Crippen molar-refractivity contribution in [2.45, 2.75) is 19.8 Å². The Bertz CT molecular complexity index is 1240. The van der Waals surface area contributed by atoms with Gasteiger partial charge in [-0.25, -0.2) is 14.8 Å². The summed E-state index contributed by atoms with van der Waals surface area (Å²) in [4.78, 5) is 37.3. The zero-order chi connectivity index (χ0) is 24.1. The number of hydrogen-bond acceptors (Lipinski definition) is 7. The lowest BCUT2D eigenvalue weighted by Gasteiger charge is -2.20. The minimum absolute atomic E-state index is 0.315. The first-order valence-corrected chi connectivity index (χ1v) is 11.3. The molecular formula is C26H29N5O3. The van der Waals surface area contributed by atoms with E-state index in [1.807, 2.05) is 31.1 Å². The van der Waals surface area contributed by atoms with Gasteiger partial charge in [0.05, 0.1) is 12.1 Å². The number of nitrogens with zero attached hydrogens (tertiary/aromatic N) is 4. The Morgan fingerprint density at radius 3 is 2.82 bits per heavy atom. The van der Waals surface area contributed by atoms with E-state index in [4.69, 9.17) is 4.74 Å². The molecule has 1 N–H and O–H groups in total. The van der Waals surface area contributed by atoms with Crippen molar-refractivity contribution in [3.8, 4) is 0 Å². The number of anilines is 3. The number of aromatic nitrogens is 2. The molecule has 8 heteroatoms. The molecule has 8 nitrogen and oxygen atoms in total. The largest absolute Gasteiger partial charge is 0.462 e. The smallest absolute Gasteiger partial charge is 0.330 e. The average Bonchev–Trinajstić information content (AvgIpc) is 3.23. The lowest BCUT2D eigenvalue weighted by Crippen LogP contribution is -2.16. The van der Waals surface area contributed by atoms with Crippen LogP contribution in [0.5, 0.6) is 0 Å². The third-order valence-corrected chi connectivity index (χ3v) is 5.64. The molecule has 176 valence electrons. The molecule has 0 saturated heterocycles. The Kier molecular flexibility index (Phi) is 7.18. The van der Waals surface area contributed by atoms with Crippen LogP contribution >= 0.6 is 0 Å². The number of ether oxygens (including phenoxy) is 1. The summed E-state index contributed by atoms with van der Waals surface area (Å²) >= 11 is 0. The Morgan fingerprint density at radius 1 is 1.15 bits per heavy atom. The van der Waals surface area contributed by atoms with Crippen molar-refractivity contribution in [2.24, 2.45) is 0 Å². The maximum Gasteiger partial charge on any atom is 0.330 e. The summed E-state index contributed by atoms with van der Waals surface area (Å²) in [6.07, 6.45) is 5.58. The number of fused-ring (bicyclic) bond motifs is 2. The fourth-order valence-electron chi connectivity index (χ4n) is 3.97. The number of carbonyl (C=O) groups is 2. The third-order valence-electron chi connectivity index (χ3n) is 5.64. The standard InChI is InChI=1S/C26H29N5O3/c1-18-5-6-19-11-13-31(23(19)15-18)26-21-16-20(7-8-22(21)27-17-28-26)29-24(32)9-10-25(33)34-14-4-12-30(2)3/h5-10,15-17H,4,11-14H2,1-3H3,(H,29,32)/b10-9+. The van der Waals surface area contributed by atoms with E-state index in [0.29, 0.717) is 12.3 Å². The van der Waals surface area contributed by atoms with Crippen molar-refractivity contribution < 1.29 is 14.3 Å². The molecule has 0 unspecified atom stereocenters. The Balaban J connectivity index is 1.46. The summed E-state index contributed by atoms with van der Waals surface area (Å²) in [6.45, 7) is 4.06. The van der Waals surface area contributed by atoms with Gasteiger partial charge in [0.1, 0.15) is 12.1 Å². The van der Waals surface area contributed by atoms with Gasteiger partial charge in [0, 0.05) is 42.0 Å². The van der Waals surface area contributed by atoms with Crippen LogP contribution in [0.4, 0.5) is 17.2 Å². The van der Waals surface area contributed by atoms with Gasteiger partial charge in [0.2, 0.25) is 5.91 Å². The van der Waals surface area contributed by atoms with Crippen LogP contribution in [-0.2, 0) is 20.7 Å². The minimum atomic E-state index is -0.536. The van der Waals surface area contributed by atoms with E-state index in [-0.39, 0.29) is 0 Å². The lowest BCUT2D eigenvalue weighted by atomic mass is 10.1. The van der Waals surface area contributed by atoms with Crippen LogP contribution < -0.4 is 10.2 Å². The monoisotopic (exact) mass is 459 g/mol. The molecule has 1 aliphatic rings. The van der Waals surface area contributed by atoms with Crippen LogP contribution in [0.2, 0.25) is 0 Å². The van der Waals surface area contributed by atoms with Gasteiger partial charge in [-0.05, 0) is 69.3 Å². The zero-order valence-electron chi connectivity index (χ0n) is 19.7. The molecule has 4 rings (SSSR count). The second kappa shape index (κ2) is 10.4. The summed E-state index contributed by atoms with van der Waals surface area (Å²) in [5.41, 5.74) is 5.03. The van der Waals surface area contributed by atoms with Gasteiger partial charge in [-0.2, -0.15) is 0 Å². The van der Waals surface area contributed by atoms with Crippen LogP contribution in [0, 0.1) is 6.92 Å². The molecule has 0 bridgehead atoms. The number of aryl methyl sites for hydroxylation is 1. The number of benzene rings is 2. The van der Waals surface area contributed by atoms with E-state index < -0.39 is 11.9 Å². The van der Waals surface area contributed by atoms with E-state index in [9.17, 15) is 9.59 Å². The fourth-order valence-corrected chi connectivity index (χ4v) is 3.97. The van der Waals surface area contributed by atoms with Gasteiger partial charge in [0.25, 0.3) is 0 Å². The van der Waals surface area contributed by atoms with Crippen LogP contribution in [-0.4, -0.2) is 60.5 Å². The van der Waals surface area contributed by atoms with Gasteiger partial charge in [0.15, 0.2) is 0 Å². The molecule has 1 aliphatic heterocycles. The molecular weight excluding hydrogens is 430 g/mol. The molecule has 0 saturated carbocycles. The average molecular weight is 460 g/mol. The summed E-state index contributed by atoms with van der Waals surface area (Å²) in [5.74, 6) is -0.140. The van der Waals surface area contributed by atoms with Gasteiger partial charge in [-0.3, -0.25) is 4.79 Å². The van der Waals surface area contributed by atoms with Crippen LogP contribution in [0.15, 0.2) is 54.9 Å². The van der Waals surface area contributed by atoms with E-state index in [1.54, 1.807) is 12.4 Å². The lowest BCUT2D eigenvalue weighted by molar-refractivity contribution is -0.138. The molecule has 2 heterocycles. The first-order valence-electron chi connectivity index (χ1n) is 11.3. The van der Waals surface area contributed by atoms with Crippen molar-refractivity contribution >= 4 is 40.0 Å². The molecule has 0 radical (unpaired) electrons. The molecule has 1 amide bonds. The number of nitrogens with one attached hydrogen (secondary N) is 1. The fraction of sp³-hybridized carbons (Fsp3) is 0.308. The highest BCUT2D eigenvalue weighted by Crippen LogP contribution is 2.37. The molecule has 2 aromatic carbocycles. The number of amides is 1. The number of esters is 1. The quantitative estimate of drug-likeness (QED) is 0.313. The van der Waals surface area contributed by atoms with Gasteiger partial charge >= 0.3 is 5.97 Å². The first kappa shape index (κ1) is 23.4. The molecule has 0 fully saturated rings. The van der Waals surface area contributed by atoms with E-state index in [1.165, 1.54) is 17.2 Å². The minimum Gasteiger partial charge on any atom is -0.462 e. The van der Waals surface area contributed by atoms with Crippen LogP contribution in [0.25, 0.3) is 10.9 Å². The zero-order valence-corrected chi connectivity index (χ0v) is 19.7. The van der Waals surface area contributed by atoms with Gasteiger partial charge in [-0.15, -0.1) is 0 Å². The van der Waals surface area contributed by atoms with Crippen molar-refractivity contribution in [1.82, 2.24) is 14.9 Å². The van der Waals surface area contributed by atoms with Gasteiger partial charge < -0.3 is 19.9 Å². The Hall–Kier alpha value is -3.78. The highest BCUT2D eigenvalue weighted by Gasteiger charge is 2.23. The van der Waals surface area contributed by atoms with Crippen molar-refractivity contribution in [3.05, 3.63) is 66.0 Å². The molecule has 0 spiro atoms. The predicted octanol–water partition coefficient (Wildman–Crippen LogP) is 3.62. The maximum atomic E-state index is 12.4. The Morgan fingerprint density at radius 2 is 2.00 bits per heavy atom. The Labute approximate surface area is 199 Å². The van der Waals surface area contributed by atoms with E-state index in [2.05, 4.69) is 45.3 Å². The van der Waals surface area contributed by atoms with Crippen molar-refractivity contribution in [3.63, 3.8) is 0 Å². The molecule has 0 aliphatic carbocycles. The van der Waals surface area contributed by atoms with Gasteiger partial charge in [-0.1, -0.05) is 12.1 Å². The molecule has 1 aromatic heterocycles. The predicted molar refractivity (Wildman–Crippen MR) is 133 cm³/mol. The topological polar surface area (TPSA) is 87.7 Å².